The molecule has 1 aliphatic carbocycles. The molecule has 0 aromatic heterocycles. The number of hydrogen-bond acceptors (Lipinski definition) is 3. The maximum absolute atomic E-state index is 13.0. The highest BCUT2D eigenvalue weighted by molar-refractivity contribution is 7.92. The minimum Gasteiger partial charge on any atom is -0.359 e. The van der Waals surface area contributed by atoms with Gasteiger partial charge in [0.1, 0.15) is 0 Å². The number of piperazine rings is 1. The van der Waals surface area contributed by atoms with Gasteiger partial charge in [-0.15, -0.1) is 0 Å². The maximum atomic E-state index is 13.0. The van der Waals surface area contributed by atoms with Crippen molar-refractivity contribution in [2.24, 2.45) is 0 Å². The van der Waals surface area contributed by atoms with Crippen LogP contribution in [0.4, 0.5) is 11.4 Å². The second kappa shape index (κ2) is 8.76. The van der Waals surface area contributed by atoms with Gasteiger partial charge in [0.05, 0.1) is 49.5 Å². The first kappa shape index (κ1) is 20.2. The minimum absolute atomic E-state index is 0.328. The molecule has 2 N–H and O–H groups in total. The second-order valence-electron chi connectivity index (χ2n) is 8.47. The van der Waals surface area contributed by atoms with Crippen molar-refractivity contribution in [1.29, 1.82) is 0 Å². The number of benzene rings is 2. The van der Waals surface area contributed by atoms with E-state index in [9.17, 15) is 8.42 Å². The molecular weight excluding hydrogens is 382 g/mol. The van der Waals surface area contributed by atoms with Crippen LogP contribution in [0.25, 0.3) is 0 Å². The summed E-state index contributed by atoms with van der Waals surface area (Å²) in [6.45, 7) is 3.98. The van der Waals surface area contributed by atoms with E-state index in [2.05, 4.69) is 16.7 Å². The minimum atomic E-state index is -3.61. The lowest BCUT2D eigenvalue weighted by Crippen LogP contribution is -3.12. The summed E-state index contributed by atoms with van der Waals surface area (Å²) in [6, 6.07) is 15.2. The number of likely N-dealkylation sites (N-methyl/N-ethyl adjacent to an activating group) is 1. The highest BCUT2D eigenvalue weighted by Gasteiger charge is 2.22. The molecule has 1 aliphatic heterocycles. The van der Waals surface area contributed by atoms with E-state index < -0.39 is 10.0 Å². The van der Waals surface area contributed by atoms with Crippen molar-refractivity contribution in [2.75, 3.05) is 42.8 Å². The Bertz CT molecular complexity index is 913. The van der Waals surface area contributed by atoms with Crippen molar-refractivity contribution in [3.8, 4) is 0 Å². The van der Waals surface area contributed by atoms with Crippen molar-refractivity contribution in [3.63, 3.8) is 0 Å². The third kappa shape index (κ3) is 4.75. The van der Waals surface area contributed by atoms with Gasteiger partial charge in [-0.1, -0.05) is 43.5 Å². The number of sulfonamides is 1. The van der Waals surface area contributed by atoms with Gasteiger partial charge in [0, 0.05) is 0 Å². The topological polar surface area (TPSA) is 53.9 Å². The van der Waals surface area contributed by atoms with Gasteiger partial charge in [-0.25, -0.2) is 8.42 Å². The van der Waals surface area contributed by atoms with Crippen LogP contribution in [-0.2, 0) is 10.0 Å². The molecule has 0 atom stereocenters. The molecule has 1 heterocycles. The number of anilines is 2. The fourth-order valence-corrected chi connectivity index (χ4v) is 5.60. The van der Waals surface area contributed by atoms with Crippen LogP contribution in [0.5, 0.6) is 0 Å². The van der Waals surface area contributed by atoms with Crippen LogP contribution in [0, 0.1) is 0 Å². The molecule has 29 heavy (non-hydrogen) atoms. The fourth-order valence-electron chi connectivity index (χ4n) is 4.52. The number of para-hydroxylation sites is 2. The summed E-state index contributed by atoms with van der Waals surface area (Å²) >= 11 is 0. The van der Waals surface area contributed by atoms with Crippen molar-refractivity contribution in [1.82, 2.24) is 0 Å². The predicted molar refractivity (Wildman–Crippen MR) is 118 cm³/mol. The van der Waals surface area contributed by atoms with E-state index >= 15 is 0 Å². The van der Waals surface area contributed by atoms with Gasteiger partial charge in [0.2, 0.25) is 0 Å². The zero-order chi connectivity index (χ0) is 20.3. The SMILES string of the molecule is C[NH+]1CCN(c2ccccc2NS(=O)(=O)c2ccc(C3CCCCC3)cc2)CC1. The van der Waals surface area contributed by atoms with Crippen LogP contribution in [-0.4, -0.2) is 41.6 Å². The Hall–Kier alpha value is -2.05. The van der Waals surface area contributed by atoms with Gasteiger partial charge in [-0.05, 0) is 48.6 Å². The van der Waals surface area contributed by atoms with Crippen molar-refractivity contribution in [2.45, 2.75) is 42.9 Å². The van der Waals surface area contributed by atoms with E-state index in [-0.39, 0.29) is 0 Å². The summed E-state index contributed by atoms with van der Waals surface area (Å²) in [4.78, 5) is 4.11. The van der Waals surface area contributed by atoms with Crippen LogP contribution in [0.1, 0.15) is 43.6 Å². The van der Waals surface area contributed by atoms with Crippen LogP contribution >= 0.6 is 0 Å². The van der Waals surface area contributed by atoms with Gasteiger partial charge >= 0.3 is 0 Å². The molecule has 1 saturated carbocycles. The summed E-state index contributed by atoms with van der Waals surface area (Å²) in [6.07, 6.45) is 6.30. The van der Waals surface area contributed by atoms with E-state index in [0.29, 0.717) is 16.5 Å². The normalized spacial score (nSPS) is 19.3. The summed E-state index contributed by atoms with van der Waals surface area (Å²) < 4.78 is 28.9. The van der Waals surface area contributed by atoms with Gasteiger partial charge in [0.15, 0.2) is 0 Å². The monoisotopic (exact) mass is 414 g/mol. The average molecular weight is 415 g/mol. The smallest absolute Gasteiger partial charge is 0.261 e. The predicted octanol–water partition coefficient (Wildman–Crippen LogP) is 2.87. The molecule has 0 unspecified atom stereocenters. The standard InChI is InChI=1S/C23H31N3O2S/c1-25-15-17-26(18-16-25)23-10-6-5-9-22(23)24-29(27,28)21-13-11-20(12-14-21)19-7-3-2-4-8-19/h5-6,9-14,19,24H,2-4,7-8,15-18H2,1H3/p+1. The quantitative estimate of drug-likeness (QED) is 0.791. The lowest BCUT2D eigenvalue weighted by molar-refractivity contribution is -0.880. The molecule has 5 nitrogen and oxygen atoms in total. The third-order valence-corrected chi connectivity index (χ3v) is 7.75. The second-order valence-corrected chi connectivity index (χ2v) is 10.2. The van der Waals surface area contributed by atoms with Gasteiger partial charge in [0.25, 0.3) is 10.0 Å². The summed E-state index contributed by atoms with van der Waals surface area (Å²) in [5.74, 6) is 0.577. The van der Waals surface area contributed by atoms with E-state index in [0.717, 1.165) is 31.9 Å². The lowest BCUT2D eigenvalue weighted by Gasteiger charge is -2.33. The number of rotatable bonds is 5. The molecule has 2 aromatic carbocycles. The van der Waals surface area contributed by atoms with Crippen molar-refractivity contribution in [3.05, 3.63) is 54.1 Å². The fraction of sp³-hybridized carbons (Fsp3) is 0.478. The molecule has 4 rings (SSSR count). The van der Waals surface area contributed by atoms with Crippen molar-refractivity contribution >= 4 is 21.4 Å². The molecular formula is C23H32N3O2S+. The summed E-state index contributed by atoms with van der Waals surface area (Å²) in [5.41, 5.74) is 2.88. The Morgan fingerprint density at radius 1 is 0.931 bits per heavy atom. The Labute approximate surface area is 174 Å². The zero-order valence-corrected chi connectivity index (χ0v) is 18.0. The molecule has 2 aromatic rings. The van der Waals surface area contributed by atoms with Crippen LogP contribution in [0.3, 0.4) is 0 Å². The highest BCUT2D eigenvalue weighted by Crippen LogP contribution is 2.33. The Kier molecular flexibility index (Phi) is 6.11. The Morgan fingerprint density at radius 2 is 1.59 bits per heavy atom. The first-order chi connectivity index (χ1) is 14.0. The summed E-state index contributed by atoms with van der Waals surface area (Å²) in [5, 5.41) is 0. The Balaban J connectivity index is 1.51. The largest absolute Gasteiger partial charge is 0.359 e. The number of quaternary nitrogens is 1. The van der Waals surface area contributed by atoms with Crippen LogP contribution < -0.4 is 14.5 Å². The van der Waals surface area contributed by atoms with Gasteiger partial charge < -0.3 is 9.80 Å². The lowest BCUT2D eigenvalue weighted by atomic mass is 9.84. The molecule has 0 bridgehead atoms. The average Bonchev–Trinajstić information content (AvgIpc) is 2.75. The van der Waals surface area contributed by atoms with E-state index in [1.807, 2.05) is 36.4 Å². The van der Waals surface area contributed by atoms with E-state index in [1.165, 1.54) is 42.6 Å². The molecule has 2 fully saturated rings. The zero-order valence-electron chi connectivity index (χ0n) is 17.2. The Morgan fingerprint density at radius 3 is 2.28 bits per heavy atom. The van der Waals surface area contributed by atoms with E-state index in [4.69, 9.17) is 0 Å². The molecule has 1 saturated heterocycles. The molecule has 156 valence electrons. The molecule has 6 heteroatoms. The molecule has 0 spiro atoms. The van der Waals surface area contributed by atoms with Gasteiger partial charge in [-0.3, -0.25) is 4.72 Å². The molecule has 0 amide bonds. The third-order valence-electron chi connectivity index (χ3n) is 6.37. The first-order valence-corrected chi connectivity index (χ1v) is 12.3. The van der Waals surface area contributed by atoms with Crippen LogP contribution in [0.2, 0.25) is 0 Å². The number of nitrogens with zero attached hydrogens (tertiary/aromatic N) is 1. The maximum Gasteiger partial charge on any atom is 0.261 e. The van der Waals surface area contributed by atoms with Crippen molar-refractivity contribution < 1.29 is 13.3 Å². The first-order valence-electron chi connectivity index (χ1n) is 10.8. The molecule has 2 aliphatic rings. The van der Waals surface area contributed by atoms with Gasteiger partial charge in [-0.2, -0.15) is 0 Å². The number of hydrogen-bond donors (Lipinski definition) is 2. The van der Waals surface area contributed by atoms with Crippen LogP contribution in [0.15, 0.2) is 53.4 Å². The van der Waals surface area contributed by atoms with E-state index in [1.54, 1.807) is 12.1 Å². The summed E-state index contributed by atoms with van der Waals surface area (Å²) in [7, 11) is -1.42. The molecule has 0 radical (unpaired) electrons. The number of nitrogens with one attached hydrogen (secondary N) is 2. The highest BCUT2D eigenvalue weighted by atomic mass is 32.2.